The number of aryl methyl sites for hydroxylation is 1. The highest BCUT2D eigenvalue weighted by atomic mass is 19.1. The van der Waals surface area contributed by atoms with Crippen molar-refractivity contribution in [2.75, 3.05) is 6.61 Å². The molecule has 0 aliphatic heterocycles. The molecule has 192 valence electrons. The first-order valence-electron chi connectivity index (χ1n) is 12.0. The Bertz CT molecular complexity index is 1470. The number of carboxylic acid groups (broad SMARTS) is 1. The largest absolute Gasteiger partial charge is 0.489 e. The molecule has 38 heavy (non-hydrogen) atoms. The summed E-state index contributed by atoms with van der Waals surface area (Å²) >= 11 is 0. The third-order valence-electron chi connectivity index (χ3n) is 5.72. The zero-order chi connectivity index (χ0) is 26.9. The average Bonchev–Trinajstić information content (AvgIpc) is 3.43. The van der Waals surface area contributed by atoms with Crippen LogP contribution in [0.3, 0.4) is 0 Å². The van der Waals surface area contributed by atoms with Crippen LogP contribution in [0.1, 0.15) is 29.2 Å². The fraction of sp³-hybridized carbons (Fsp3) is 0.161. The summed E-state index contributed by atoms with van der Waals surface area (Å²) < 4.78 is 26.8. The molecule has 1 aromatic heterocycles. The van der Waals surface area contributed by atoms with E-state index >= 15 is 0 Å². The van der Waals surface area contributed by atoms with Crippen LogP contribution >= 0.6 is 0 Å². The molecule has 1 atom stereocenters. The lowest BCUT2D eigenvalue weighted by Gasteiger charge is -2.14. The Hall–Kier alpha value is -4.83. The highest BCUT2D eigenvalue weighted by Crippen LogP contribution is 2.26. The van der Waals surface area contributed by atoms with Crippen molar-refractivity contribution >= 4 is 11.5 Å². The maximum atomic E-state index is 13.6. The molecule has 0 bridgehead atoms. The van der Waals surface area contributed by atoms with Crippen LogP contribution in [-0.2, 0) is 11.3 Å². The molecule has 7 heteroatoms. The lowest BCUT2D eigenvalue weighted by atomic mass is 9.96. The Morgan fingerprint density at radius 1 is 1.11 bits per heavy atom. The Kier molecular flexibility index (Phi) is 8.57. The maximum Gasteiger partial charge on any atom is 0.344 e. The van der Waals surface area contributed by atoms with E-state index in [1.807, 2.05) is 49.5 Å². The highest BCUT2D eigenvalue weighted by molar-refractivity contribution is 5.80. The summed E-state index contributed by atoms with van der Waals surface area (Å²) in [5.41, 5.74) is 4.34. The van der Waals surface area contributed by atoms with Crippen LogP contribution in [0.15, 0.2) is 91.3 Å². The molecule has 1 N–H and O–H groups in total. The van der Waals surface area contributed by atoms with E-state index in [4.69, 9.17) is 14.6 Å². The van der Waals surface area contributed by atoms with Crippen molar-refractivity contribution < 1.29 is 23.8 Å². The molecule has 0 fully saturated rings. The number of rotatable bonds is 9. The number of carboxylic acids is 1. The monoisotopic (exact) mass is 510 g/mol. The van der Waals surface area contributed by atoms with E-state index in [0.717, 1.165) is 27.8 Å². The molecule has 3 aromatic carbocycles. The zero-order valence-electron chi connectivity index (χ0n) is 21.1. The first kappa shape index (κ1) is 26.2. The van der Waals surface area contributed by atoms with E-state index in [-0.39, 0.29) is 12.4 Å². The number of aliphatic carboxylic acids is 1. The minimum atomic E-state index is -1.03. The Labute approximate surface area is 221 Å². The zero-order valence-corrected chi connectivity index (χ0v) is 21.1. The standard InChI is InChI=1S/C31H27FN2O4/c1-22-21-28(14-15-30(22)38-23(2)31(35)36)37-20-16-29(26-10-12-27(32)13-11-26)25-8-6-24(7-9-25)5-3-18-34-19-4-17-33-34/h4,6-17,19,21,23H,18,20H2,1-2H3,(H,35,36)/b29-16-. The molecule has 0 aliphatic carbocycles. The molecule has 4 rings (SSSR count). The smallest absolute Gasteiger partial charge is 0.344 e. The van der Waals surface area contributed by atoms with Gasteiger partial charge in [-0.25, -0.2) is 9.18 Å². The molecule has 4 aromatic rings. The lowest BCUT2D eigenvalue weighted by molar-refractivity contribution is -0.144. The van der Waals surface area contributed by atoms with Gasteiger partial charge in [0.25, 0.3) is 0 Å². The molecule has 1 heterocycles. The number of aromatic nitrogens is 2. The highest BCUT2D eigenvalue weighted by Gasteiger charge is 2.14. The summed E-state index contributed by atoms with van der Waals surface area (Å²) in [7, 11) is 0. The molecule has 0 amide bonds. The number of benzene rings is 3. The number of carbonyl (C=O) groups is 1. The number of hydrogen-bond acceptors (Lipinski definition) is 4. The van der Waals surface area contributed by atoms with Crippen LogP contribution in [0.5, 0.6) is 11.5 Å². The van der Waals surface area contributed by atoms with Crippen molar-refractivity contribution in [2.24, 2.45) is 0 Å². The normalized spacial score (nSPS) is 11.8. The predicted octanol–water partition coefficient (Wildman–Crippen LogP) is 5.74. The maximum absolute atomic E-state index is 13.6. The quantitative estimate of drug-likeness (QED) is 0.291. The number of halogens is 1. The first-order chi connectivity index (χ1) is 18.4. The van der Waals surface area contributed by atoms with Crippen LogP contribution in [0.25, 0.3) is 5.57 Å². The van der Waals surface area contributed by atoms with Crippen molar-refractivity contribution in [3.05, 3.63) is 119 Å². The minimum Gasteiger partial charge on any atom is -0.489 e. The summed E-state index contributed by atoms with van der Waals surface area (Å²) in [6.07, 6.45) is 4.58. The fourth-order valence-electron chi connectivity index (χ4n) is 3.69. The van der Waals surface area contributed by atoms with E-state index in [1.165, 1.54) is 19.1 Å². The van der Waals surface area contributed by atoms with E-state index in [9.17, 15) is 9.18 Å². The molecule has 0 saturated heterocycles. The molecule has 0 radical (unpaired) electrons. The number of nitrogens with zero attached hydrogens (tertiary/aromatic N) is 2. The predicted molar refractivity (Wildman–Crippen MR) is 143 cm³/mol. The first-order valence-corrected chi connectivity index (χ1v) is 12.0. The van der Waals surface area contributed by atoms with E-state index < -0.39 is 12.1 Å². The van der Waals surface area contributed by atoms with Gasteiger partial charge < -0.3 is 14.6 Å². The van der Waals surface area contributed by atoms with Crippen molar-refractivity contribution in [2.45, 2.75) is 26.5 Å². The van der Waals surface area contributed by atoms with Gasteiger partial charge in [-0.3, -0.25) is 4.68 Å². The number of ether oxygens (including phenoxy) is 2. The van der Waals surface area contributed by atoms with Gasteiger partial charge in [0.05, 0.1) is 0 Å². The van der Waals surface area contributed by atoms with Gasteiger partial charge in [-0.05, 0) is 90.7 Å². The second-order valence-electron chi connectivity index (χ2n) is 8.54. The van der Waals surface area contributed by atoms with Gasteiger partial charge in [-0.2, -0.15) is 5.10 Å². The van der Waals surface area contributed by atoms with Crippen molar-refractivity contribution in [1.82, 2.24) is 9.78 Å². The Morgan fingerprint density at radius 3 is 2.45 bits per heavy atom. The molecule has 6 nitrogen and oxygen atoms in total. The van der Waals surface area contributed by atoms with Gasteiger partial charge in [-0.1, -0.05) is 36.1 Å². The van der Waals surface area contributed by atoms with Gasteiger partial charge in [0.2, 0.25) is 0 Å². The summed E-state index contributed by atoms with van der Waals surface area (Å²) in [6.45, 7) is 4.09. The summed E-state index contributed by atoms with van der Waals surface area (Å²) in [4.78, 5) is 11.1. The second-order valence-corrected chi connectivity index (χ2v) is 8.54. The molecule has 0 saturated carbocycles. The molecular weight excluding hydrogens is 483 g/mol. The topological polar surface area (TPSA) is 73.6 Å². The summed E-state index contributed by atoms with van der Waals surface area (Å²) in [5.74, 6) is 6.02. The summed E-state index contributed by atoms with van der Waals surface area (Å²) in [5, 5.41) is 13.2. The third-order valence-corrected chi connectivity index (χ3v) is 5.72. The van der Waals surface area contributed by atoms with Crippen molar-refractivity contribution in [1.29, 1.82) is 0 Å². The van der Waals surface area contributed by atoms with Crippen molar-refractivity contribution in [3.63, 3.8) is 0 Å². The molecule has 0 aliphatic rings. The third kappa shape index (κ3) is 7.11. The van der Waals surface area contributed by atoms with Crippen LogP contribution in [0.4, 0.5) is 4.39 Å². The van der Waals surface area contributed by atoms with Crippen LogP contribution in [0.2, 0.25) is 0 Å². The van der Waals surface area contributed by atoms with Gasteiger partial charge in [-0.15, -0.1) is 0 Å². The van der Waals surface area contributed by atoms with Crippen LogP contribution in [0, 0.1) is 24.6 Å². The molecule has 1 unspecified atom stereocenters. The Morgan fingerprint density at radius 2 is 1.82 bits per heavy atom. The fourth-order valence-corrected chi connectivity index (χ4v) is 3.69. The van der Waals surface area contributed by atoms with Crippen LogP contribution in [-0.4, -0.2) is 33.6 Å². The average molecular weight is 511 g/mol. The lowest BCUT2D eigenvalue weighted by Crippen LogP contribution is -2.23. The second kappa shape index (κ2) is 12.4. The SMILES string of the molecule is Cc1cc(OC/C=C(\c2ccc(F)cc2)c2ccc(C#CCn3cccn3)cc2)ccc1OC(C)C(=O)O. The van der Waals surface area contributed by atoms with Gasteiger partial charge in [0.1, 0.15) is 30.5 Å². The van der Waals surface area contributed by atoms with Gasteiger partial charge in [0.15, 0.2) is 6.10 Å². The van der Waals surface area contributed by atoms with Gasteiger partial charge in [0, 0.05) is 18.0 Å². The Balaban J connectivity index is 1.49. The molecular formula is C31H27FN2O4. The summed E-state index contributed by atoms with van der Waals surface area (Å²) in [6, 6.07) is 21.3. The molecule has 0 spiro atoms. The number of hydrogen-bond donors (Lipinski definition) is 1. The van der Waals surface area contributed by atoms with Crippen molar-refractivity contribution in [3.8, 4) is 23.3 Å². The van der Waals surface area contributed by atoms with E-state index in [0.29, 0.717) is 18.0 Å². The minimum absolute atomic E-state index is 0.267. The van der Waals surface area contributed by atoms with Gasteiger partial charge >= 0.3 is 5.97 Å². The van der Waals surface area contributed by atoms with E-state index in [2.05, 4.69) is 16.9 Å². The van der Waals surface area contributed by atoms with E-state index in [1.54, 1.807) is 41.2 Å². The van der Waals surface area contributed by atoms with Crippen LogP contribution < -0.4 is 9.47 Å².